The van der Waals surface area contributed by atoms with E-state index in [4.69, 9.17) is 14.7 Å². The van der Waals surface area contributed by atoms with Gasteiger partial charge in [-0.25, -0.2) is 4.98 Å². The molecular formula is C53H64BrN10O5P. The Kier molecular flexibility index (Phi) is 13.5. The second-order valence-corrected chi connectivity index (χ2v) is 24.2. The fourth-order valence-corrected chi connectivity index (χ4v) is 15.0. The lowest BCUT2D eigenvalue weighted by Crippen LogP contribution is -2.55. The van der Waals surface area contributed by atoms with Gasteiger partial charge in [0.05, 0.1) is 33.4 Å². The number of fused-ring (bicyclic) bond motifs is 2. The highest BCUT2D eigenvalue weighted by Gasteiger charge is 2.49. The molecule has 3 aromatic carbocycles. The summed E-state index contributed by atoms with van der Waals surface area (Å²) in [5.41, 5.74) is 7.84. The van der Waals surface area contributed by atoms with Crippen LogP contribution in [0, 0.1) is 13.8 Å². The molecule has 5 aromatic rings. The Morgan fingerprint density at radius 2 is 1.64 bits per heavy atom. The van der Waals surface area contributed by atoms with Gasteiger partial charge in [-0.1, -0.05) is 18.2 Å². The molecule has 10 rings (SSSR count). The minimum absolute atomic E-state index is 0.0928. The van der Waals surface area contributed by atoms with E-state index in [1.165, 1.54) is 11.3 Å². The van der Waals surface area contributed by atoms with Crippen LogP contribution in [0.25, 0.3) is 10.9 Å². The Bertz CT molecular complexity index is 2910. The number of hydrogen-bond donors (Lipinski definition) is 3. The number of aryl methyl sites for hydroxylation is 2. The van der Waals surface area contributed by atoms with Gasteiger partial charge >= 0.3 is 0 Å². The zero-order valence-electron chi connectivity index (χ0n) is 40.9. The van der Waals surface area contributed by atoms with E-state index in [1.54, 1.807) is 11.1 Å². The van der Waals surface area contributed by atoms with Crippen molar-refractivity contribution in [3.8, 4) is 5.75 Å². The van der Waals surface area contributed by atoms with Crippen molar-refractivity contribution >= 4 is 91.5 Å². The van der Waals surface area contributed by atoms with Gasteiger partial charge in [0.1, 0.15) is 24.8 Å². The van der Waals surface area contributed by atoms with Crippen molar-refractivity contribution in [1.29, 1.82) is 0 Å². The van der Waals surface area contributed by atoms with Crippen LogP contribution in [0.2, 0.25) is 0 Å². The number of nitrogens with zero attached hydrogens (tertiary/aromatic N) is 7. The Morgan fingerprint density at radius 1 is 0.871 bits per heavy atom. The number of ether oxygens (including phenoxy) is 1. The highest BCUT2D eigenvalue weighted by atomic mass is 79.9. The number of carbonyl (C=O) groups is 3. The van der Waals surface area contributed by atoms with E-state index in [0.717, 1.165) is 134 Å². The molecule has 4 saturated heterocycles. The molecule has 15 nitrogen and oxygen atoms in total. The molecule has 17 heteroatoms. The van der Waals surface area contributed by atoms with Crippen molar-refractivity contribution in [2.24, 2.45) is 0 Å². The second-order valence-electron chi connectivity index (χ2n) is 20.2. The standard InChI is InChI=1S/C53H64BrN10O5P/c1-6-69-46-31-45(33(2)29-42(46)58-52-55-32-39(54)49(60-52)57-41-13-12-40-37(11-9-34(3)56-40)48(41)70(68)27-7-8-28-70)63-21-18-36(19-22-63)62-25-23-61(24-26-62)20-17-35-10-14-43-38(30-35)53(4,5)51(67)64(43)44-15-16-47(65)59-50(44)66/h9-14,29-32,36,44H,6-8,15-28H2,1-5H3,(H,59,65,66)(H2,55,57,58,60). The van der Waals surface area contributed by atoms with E-state index in [-0.39, 0.29) is 18.2 Å². The zero-order chi connectivity index (χ0) is 48.9. The van der Waals surface area contributed by atoms with Crippen molar-refractivity contribution in [2.45, 2.75) is 97.1 Å². The molecule has 0 spiro atoms. The second kappa shape index (κ2) is 19.7. The van der Waals surface area contributed by atoms with Crippen LogP contribution in [0.1, 0.15) is 81.7 Å². The molecule has 4 fully saturated rings. The van der Waals surface area contributed by atoms with Gasteiger partial charge in [-0.15, -0.1) is 0 Å². The lowest BCUT2D eigenvalue weighted by Gasteiger charge is -2.43. The number of benzene rings is 3. The summed E-state index contributed by atoms with van der Waals surface area (Å²) < 4.78 is 21.4. The smallest absolute Gasteiger partial charge is 0.249 e. The minimum atomic E-state index is -2.63. The summed E-state index contributed by atoms with van der Waals surface area (Å²) in [4.78, 5) is 61.9. The normalized spacial score (nSPS) is 20.8. The predicted octanol–water partition coefficient (Wildman–Crippen LogP) is 8.33. The van der Waals surface area contributed by atoms with Crippen molar-refractivity contribution < 1.29 is 23.7 Å². The Balaban J connectivity index is 0.751. The molecule has 2 aromatic heterocycles. The number of nitrogens with one attached hydrogen (secondary N) is 3. The summed E-state index contributed by atoms with van der Waals surface area (Å²) >= 11 is 3.67. The average Bonchev–Trinajstić information content (AvgIpc) is 3.87. The minimum Gasteiger partial charge on any atom is -0.492 e. The van der Waals surface area contributed by atoms with Crippen LogP contribution >= 0.6 is 23.1 Å². The first kappa shape index (κ1) is 48.2. The lowest BCUT2D eigenvalue weighted by atomic mass is 9.85. The highest BCUT2D eigenvalue weighted by Crippen LogP contribution is 2.54. The summed E-state index contributed by atoms with van der Waals surface area (Å²) in [6.07, 6.45) is 8.68. The molecule has 5 aliphatic heterocycles. The third-order valence-corrected chi connectivity index (χ3v) is 19.2. The average molecular weight is 1030 g/mol. The molecule has 0 bridgehead atoms. The van der Waals surface area contributed by atoms with Crippen LogP contribution in [0.5, 0.6) is 5.75 Å². The van der Waals surface area contributed by atoms with E-state index in [2.05, 4.69) is 88.8 Å². The van der Waals surface area contributed by atoms with Crippen LogP contribution in [-0.4, -0.2) is 119 Å². The topological polar surface area (TPSA) is 165 Å². The number of rotatable bonds is 13. The maximum atomic E-state index is 14.5. The third kappa shape index (κ3) is 9.44. The number of piperazine rings is 1. The molecule has 3 amide bonds. The van der Waals surface area contributed by atoms with Gasteiger partial charge in [0.25, 0.3) is 0 Å². The first-order valence-electron chi connectivity index (χ1n) is 25.0. The van der Waals surface area contributed by atoms with E-state index in [9.17, 15) is 18.9 Å². The van der Waals surface area contributed by atoms with Crippen molar-refractivity contribution in [1.82, 2.24) is 30.1 Å². The molecule has 5 aliphatic rings. The first-order chi connectivity index (χ1) is 33.7. The van der Waals surface area contributed by atoms with Gasteiger partial charge in [0.15, 0.2) is 0 Å². The molecule has 1 atom stereocenters. The Hall–Kier alpha value is -5.41. The fraction of sp³-hybridized carbons (Fsp3) is 0.472. The number of amides is 3. The number of pyridine rings is 1. The largest absolute Gasteiger partial charge is 0.492 e. The molecule has 0 aliphatic carbocycles. The summed E-state index contributed by atoms with van der Waals surface area (Å²) in [6.45, 7) is 17.5. The SMILES string of the molecule is CCOc1cc(N2CCC(N3CCN(CCc4ccc5c(c4)C(C)(C)C(=O)N5C4CCC(=O)NC4=O)CC3)CC2)c(C)cc1Nc1ncc(Br)c(Nc2ccc3nc(C)ccc3c2P2(=O)CCCC2)n1. The molecule has 0 saturated carbocycles. The lowest BCUT2D eigenvalue weighted by molar-refractivity contribution is -0.136. The van der Waals surface area contributed by atoms with Gasteiger partial charge in [-0.2, -0.15) is 4.98 Å². The molecule has 3 N–H and O–H groups in total. The Morgan fingerprint density at radius 3 is 2.39 bits per heavy atom. The Labute approximate surface area is 419 Å². The van der Waals surface area contributed by atoms with Crippen molar-refractivity contribution in [2.75, 3.05) is 85.2 Å². The maximum Gasteiger partial charge on any atom is 0.249 e. The molecule has 7 heterocycles. The quantitative estimate of drug-likeness (QED) is 0.0763. The van der Waals surface area contributed by atoms with Gasteiger partial charge < -0.3 is 29.7 Å². The number of imide groups is 1. The third-order valence-electron chi connectivity index (χ3n) is 15.2. The maximum absolute atomic E-state index is 14.5. The van der Waals surface area contributed by atoms with Gasteiger partial charge in [0.2, 0.25) is 23.7 Å². The van der Waals surface area contributed by atoms with Crippen LogP contribution in [0.15, 0.2) is 65.3 Å². The molecule has 1 unspecified atom stereocenters. The number of anilines is 6. The molecule has 368 valence electrons. The first-order valence-corrected chi connectivity index (χ1v) is 27.9. The zero-order valence-corrected chi connectivity index (χ0v) is 43.4. The van der Waals surface area contributed by atoms with E-state index in [0.29, 0.717) is 47.6 Å². The molecule has 0 radical (unpaired) electrons. The molecular weight excluding hydrogens is 968 g/mol. The van der Waals surface area contributed by atoms with Crippen molar-refractivity contribution in [3.63, 3.8) is 0 Å². The molecule has 70 heavy (non-hydrogen) atoms. The number of aromatic nitrogens is 3. The summed E-state index contributed by atoms with van der Waals surface area (Å²) in [6, 6.07) is 18.4. The van der Waals surface area contributed by atoms with E-state index >= 15 is 0 Å². The van der Waals surface area contributed by atoms with Gasteiger partial charge in [-0.05, 0) is 136 Å². The van der Waals surface area contributed by atoms with Gasteiger partial charge in [-0.3, -0.25) is 34.5 Å². The number of hydrogen-bond acceptors (Lipinski definition) is 13. The highest BCUT2D eigenvalue weighted by molar-refractivity contribution is 9.10. The van der Waals surface area contributed by atoms with E-state index in [1.807, 2.05) is 52.0 Å². The van der Waals surface area contributed by atoms with Crippen LogP contribution in [-0.2, 0) is 30.8 Å². The number of carbonyl (C=O) groups excluding carboxylic acids is 3. The monoisotopic (exact) mass is 1030 g/mol. The number of halogens is 1. The summed E-state index contributed by atoms with van der Waals surface area (Å²) in [5, 5.41) is 11.2. The van der Waals surface area contributed by atoms with Crippen LogP contribution in [0.3, 0.4) is 0 Å². The fourth-order valence-electron chi connectivity index (χ4n) is 11.4. The summed E-state index contributed by atoms with van der Waals surface area (Å²) in [5.74, 6) is 0.955. The van der Waals surface area contributed by atoms with Crippen LogP contribution < -0.4 is 35.8 Å². The predicted molar refractivity (Wildman–Crippen MR) is 281 cm³/mol. The van der Waals surface area contributed by atoms with Crippen LogP contribution in [0.4, 0.5) is 34.5 Å². The van der Waals surface area contributed by atoms with Gasteiger partial charge in [0, 0.05) is 111 Å². The van der Waals surface area contributed by atoms with E-state index < -0.39 is 24.5 Å². The number of piperidine rings is 2. The summed E-state index contributed by atoms with van der Waals surface area (Å²) in [7, 11) is -2.63. The van der Waals surface area contributed by atoms with Crippen molar-refractivity contribution in [3.05, 3.63) is 87.7 Å².